The number of aryl methyl sites for hydroxylation is 1. The predicted molar refractivity (Wildman–Crippen MR) is 94.3 cm³/mol. The van der Waals surface area contributed by atoms with Crippen LogP contribution in [0.2, 0.25) is 10.0 Å². The molecule has 0 heterocycles. The quantitative estimate of drug-likeness (QED) is 0.893. The average Bonchev–Trinajstić information content (AvgIpc) is 2.48. The Bertz CT molecular complexity index is 747. The smallest absolute Gasteiger partial charge is 0.244 e. The van der Waals surface area contributed by atoms with Crippen molar-refractivity contribution in [3.05, 3.63) is 58.1 Å². The van der Waals surface area contributed by atoms with Gasteiger partial charge in [0.25, 0.3) is 0 Å². The number of benzene rings is 2. The van der Waals surface area contributed by atoms with Gasteiger partial charge in [0.2, 0.25) is 11.8 Å². The second-order valence-electron chi connectivity index (χ2n) is 5.06. The number of carbonyl (C=O) groups is 2. The first-order chi connectivity index (χ1) is 10.9. The van der Waals surface area contributed by atoms with Crippen molar-refractivity contribution in [1.29, 1.82) is 0 Å². The molecule has 2 aromatic rings. The lowest BCUT2D eigenvalue weighted by Gasteiger charge is -2.22. The van der Waals surface area contributed by atoms with Gasteiger partial charge in [-0.05, 0) is 36.8 Å². The molecule has 0 radical (unpaired) electrons. The van der Waals surface area contributed by atoms with E-state index in [1.54, 1.807) is 24.3 Å². The Hall–Kier alpha value is -2.04. The van der Waals surface area contributed by atoms with Crippen LogP contribution in [0.25, 0.3) is 0 Å². The summed E-state index contributed by atoms with van der Waals surface area (Å²) < 4.78 is 0. The van der Waals surface area contributed by atoms with E-state index in [1.165, 1.54) is 11.8 Å². The van der Waals surface area contributed by atoms with E-state index in [9.17, 15) is 9.59 Å². The molecule has 0 atom stereocenters. The molecule has 0 aromatic heterocycles. The molecule has 4 nitrogen and oxygen atoms in total. The van der Waals surface area contributed by atoms with E-state index in [0.29, 0.717) is 21.4 Å². The SMILES string of the molecule is CC(=O)N(CC(=O)Nc1ccc(Cl)cc1Cl)c1ccccc1C. The van der Waals surface area contributed by atoms with Gasteiger partial charge in [0.15, 0.2) is 0 Å². The van der Waals surface area contributed by atoms with Crippen LogP contribution in [0.4, 0.5) is 11.4 Å². The monoisotopic (exact) mass is 350 g/mol. The first-order valence-corrected chi connectivity index (χ1v) is 7.72. The van der Waals surface area contributed by atoms with Gasteiger partial charge >= 0.3 is 0 Å². The van der Waals surface area contributed by atoms with Crippen LogP contribution in [0, 0.1) is 6.92 Å². The van der Waals surface area contributed by atoms with Crippen molar-refractivity contribution in [3.63, 3.8) is 0 Å². The number of nitrogens with zero attached hydrogens (tertiary/aromatic N) is 1. The Morgan fingerprint density at radius 2 is 1.83 bits per heavy atom. The first kappa shape index (κ1) is 17.3. The molecular formula is C17H16Cl2N2O2. The van der Waals surface area contributed by atoms with Crippen LogP contribution in [-0.2, 0) is 9.59 Å². The molecule has 0 aliphatic rings. The van der Waals surface area contributed by atoms with Crippen LogP contribution < -0.4 is 10.2 Å². The molecule has 2 aromatic carbocycles. The largest absolute Gasteiger partial charge is 0.323 e. The third-order valence-corrected chi connectivity index (χ3v) is 3.84. The Kier molecular flexibility index (Phi) is 5.64. The minimum absolute atomic E-state index is 0.0981. The highest BCUT2D eigenvalue weighted by Crippen LogP contribution is 2.25. The highest BCUT2D eigenvalue weighted by Gasteiger charge is 2.18. The third kappa shape index (κ3) is 4.47. The summed E-state index contributed by atoms with van der Waals surface area (Å²) in [5, 5.41) is 3.52. The number of rotatable bonds is 4. The Morgan fingerprint density at radius 3 is 2.43 bits per heavy atom. The maximum absolute atomic E-state index is 12.3. The fourth-order valence-corrected chi connectivity index (χ4v) is 2.61. The van der Waals surface area contributed by atoms with Crippen molar-refractivity contribution < 1.29 is 9.59 Å². The summed E-state index contributed by atoms with van der Waals surface area (Å²) >= 11 is 11.9. The summed E-state index contributed by atoms with van der Waals surface area (Å²) in [6, 6.07) is 12.2. The van der Waals surface area contributed by atoms with Crippen LogP contribution >= 0.6 is 23.2 Å². The maximum atomic E-state index is 12.3. The second kappa shape index (κ2) is 7.49. The Labute approximate surface area is 145 Å². The summed E-state index contributed by atoms with van der Waals surface area (Å²) in [4.78, 5) is 25.6. The van der Waals surface area contributed by atoms with Gasteiger partial charge in [0, 0.05) is 17.6 Å². The summed E-state index contributed by atoms with van der Waals surface area (Å²) in [5.74, 6) is -0.552. The molecule has 0 unspecified atom stereocenters. The molecule has 0 fully saturated rings. The third-order valence-electron chi connectivity index (χ3n) is 3.29. The molecule has 0 spiro atoms. The van der Waals surface area contributed by atoms with Gasteiger partial charge in [0.05, 0.1) is 10.7 Å². The number of amides is 2. The maximum Gasteiger partial charge on any atom is 0.244 e. The van der Waals surface area contributed by atoms with Gasteiger partial charge in [-0.3, -0.25) is 9.59 Å². The van der Waals surface area contributed by atoms with E-state index < -0.39 is 0 Å². The molecule has 1 N–H and O–H groups in total. The fraction of sp³-hybridized carbons (Fsp3) is 0.176. The highest BCUT2D eigenvalue weighted by molar-refractivity contribution is 6.36. The zero-order valence-corrected chi connectivity index (χ0v) is 14.3. The van der Waals surface area contributed by atoms with E-state index in [4.69, 9.17) is 23.2 Å². The van der Waals surface area contributed by atoms with Crippen molar-refractivity contribution in [2.24, 2.45) is 0 Å². The lowest BCUT2D eigenvalue weighted by Crippen LogP contribution is -2.37. The standard InChI is InChI=1S/C17H16Cl2N2O2/c1-11-5-3-4-6-16(11)21(12(2)22)10-17(23)20-15-8-7-13(18)9-14(15)19/h3-9H,10H2,1-2H3,(H,20,23). The lowest BCUT2D eigenvalue weighted by molar-refractivity contribution is -0.120. The predicted octanol–water partition coefficient (Wildman–Crippen LogP) is 4.29. The van der Waals surface area contributed by atoms with Crippen molar-refractivity contribution in [3.8, 4) is 0 Å². The van der Waals surface area contributed by atoms with Gasteiger partial charge in [-0.1, -0.05) is 41.4 Å². The van der Waals surface area contributed by atoms with Gasteiger partial charge < -0.3 is 10.2 Å². The van der Waals surface area contributed by atoms with E-state index in [1.807, 2.05) is 25.1 Å². The second-order valence-corrected chi connectivity index (χ2v) is 5.91. The van der Waals surface area contributed by atoms with E-state index in [-0.39, 0.29) is 18.4 Å². The zero-order valence-electron chi connectivity index (χ0n) is 12.8. The van der Waals surface area contributed by atoms with Crippen molar-refractivity contribution in [1.82, 2.24) is 0 Å². The van der Waals surface area contributed by atoms with Crippen LogP contribution in [0.1, 0.15) is 12.5 Å². The lowest BCUT2D eigenvalue weighted by atomic mass is 10.2. The number of anilines is 2. The number of halogens is 2. The number of para-hydroxylation sites is 1. The van der Waals surface area contributed by atoms with E-state index >= 15 is 0 Å². The molecule has 2 rings (SSSR count). The van der Waals surface area contributed by atoms with Gasteiger partial charge in [-0.25, -0.2) is 0 Å². The normalized spacial score (nSPS) is 10.3. The van der Waals surface area contributed by atoms with Crippen molar-refractivity contribution in [2.45, 2.75) is 13.8 Å². The summed E-state index contributed by atoms with van der Waals surface area (Å²) in [7, 11) is 0. The topological polar surface area (TPSA) is 49.4 Å². The molecule has 120 valence electrons. The van der Waals surface area contributed by atoms with Gasteiger partial charge in [-0.2, -0.15) is 0 Å². The Morgan fingerprint density at radius 1 is 1.13 bits per heavy atom. The van der Waals surface area contributed by atoms with Crippen molar-refractivity contribution >= 4 is 46.4 Å². The summed E-state index contributed by atoms with van der Waals surface area (Å²) in [5.41, 5.74) is 2.08. The molecule has 23 heavy (non-hydrogen) atoms. The van der Waals surface area contributed by atoms with E-state index in [0.717, 1.165) is 5.56 Å². The molecule has 0 aliphatic carbocycles. The number of carbonyl (C=O) groups excluding carboxylic acids is 2. The first-order valence-electron chi connectivity index (χ1n) is 6.97. The Balaban J connectivity index is 2.16. The van der Waals surface area contributed by atoms with Gasteiger partial charge in [0.1, 0.15) is 6.54 Å². The molecule has 0 aliphatic heterocycles. The molecule has 6 heteroatoms. The van der Waals surface area contributed by atoms with Crippen LogP contribution in [0.15, 0.2) is 42.5 Å². The van der Waals surface area contributed by atoms with Crippen LogP contribution in [0.3, 0.4) is 0 Å². The molecule has 2 amide bonds. The number of hydrogen-bond donors (Lipinski definition) is 1. The van der Waals surface area contributed by atoms with Gasteiger partial charge in [-0.15, -0.1) is 0 Å². The molecule has 0 bridgehead atoms. The number of nitrogens with one attached hydrogen (secondary N) is 1. The summed E-state index contributed by atoms with van der Waals surface area (Å²) in [6.45, 7) is 3.22. The van der Waals surface area contributed by atoms with Crippen LogP contribution in [-0.4, -0.2) is 18.4 Å². The minimum atomic E-state index is -0.340. The highest BCUT2D eigenvalue weighted by atomic mass is 35.5. The van der Waals surface area contributed by atoms with Crippen LogP contribution in [0.5, 0.6) is 0 Å². The average molecular weight is 351 g/mol. The fourth-order valence-electron chi connectivity index (χ4n) is 2.16. The van der Waals surface area contributed by atoms with E-state index in [2.05, 4.69) is 5.32 Å². The molecule has 0 saturated heterocycles. The van der Waals surface area contributed by atoms with Crippen molar-refractivity contribution in [2.75, 3.05) is 16.8 Å². The molecular weight excluding hydrogens is 335 g/mol. The minimum Gasteiger partial charge on any atom is -0.323 e. The zero-order chi connectivity index (χ0) is 17.0. The number of hydrogen-bond acceptors (Lipinski definition) is 2. The molecule has 0 saturated carbocycles. The summed E-state index contributed by atoms with van der Waals surface area (Å²) in [6.07, 6.45) is 0.